The van der Waals surface area contributed by atoms with Crippen LogP contribution in [0.2, 0.25) is 0 Å². The summed E-state index contributed by atoms with van der Waals surface area (Å²) in [6, 6.07) is 9.62. The van der Waals surface area contributed by atoms with E-state index in [0.717, 1.165) is 5.69 Å². The number of sulfone groups is 1. The number of aliphatic hydroxyl groups excluding tert-OH is 1. The van der Waals surface area contributed by atoms with Crippen LogP contribution in [0.3, 0.4) is 0 Å². The lowest BCUT2D eigenvalue weighted by Gasteiger charge is -2.08. The molecule has 0 aliphatic heterocycles. The second-order valence-corrected chi connectivity index (χ2v) is 7.42. The number of aromatic nitrogens is 2. The monoisotopic (exact) mass is 308 g/mol. The van der Waals surface area contributed by atoms with Crippen molar-refractivity contribution in [3.05, 3.63) is 48.3 Å². The molecular formula is C15H20N2O3S. The van der Waals surface area contributed by atoms with Crippen molar-refractivity contribution in [2.45, 2.75) is 25.9 Å². The van der Waals surface area contributed by atoms with E-state index in [4.69, 9.17) is 0 Å². The highest BCUT2D eigenvalue weighted by atomic mass is 32.2. The molecule has 1 aromatic heterocycles. The maximum Gasteiger partial charge on any atom is 0.150 e. The van der Waals surface area contributed by atoms with Crippen molar-refractivity contribution in [3.63, 3.8) is 0 Å². The molecule has 0 fully saturated rings. The fourth-order valence-corrected chi connectivity index (χ4v) is 2.93. The van der Waals surface area contributed by atoms with Gasteiger partial charge in [-0.3, -0.25) is 0 Å². The third-order valence-electron chi connectivity index (χ3n) is 3.38. The Bertz CT molecular complexity index is 665. The van der Waals surface area contributed by atoms with Crippen molar-refractivity contribution in [3.8, 4) is 5.69 Å². The summed E-state index contributed by atoms with van der Waals surface area (Å²) in [6.07, 6.45) is 3.57. The zero-order valence-corrected chi connectivity index (χ0v) is 12.8. The molecule has 1 N–H and O–H groups in total. The molecule has 1 unspecified atom stereocenters. The number of nitrogens with zero attached hydrogens (tertiary/aromatic N) is 2. The third kappa shape index (κ3) is 4.41. The second-order valence-electron chi connectivity index (χ2n) is 4.95. The summed E-state index contributed by atoms with van der Waals surface area (Å²) in [5, 5.41) is 14.3. The van der Waals surface area contributed by atoms with Gasteiger partial charge >= 0.3 is 0 Å². The maximum absolute atomic E-state index is 11.4. The lowest BCUT2D eigenvalue weighted by atomic mass is 10.1. The molecule has 6 heteroatoms. The Kier molecular flexibility index (Phi) is 5.14. The standard InChI is InChI=1S/C15H20N2O3S/c1-2-21(19,20)10-6-9-15(18)13-11-16-17(12-13)14-7-4-3-5-8-14/h3-5,7-8,11-12,15,18H,2,6,9-10H2,1H3. The van der Waals surface area contributed by atoms with Gasteiger partial charge in [-0.2, -0.15) is 5.10 Å². The quantitative estimate of drug-likeness (QED) is 0.850. The first kappa shape index (κ1) is 15.7. The number of rotatable bonds is 7. The average molecular weight is 308 g/mol. The van der Waals surface area contributed by atoms with E-state index in [1.165, 1.54) is 0 Å². The number of benzene rings is 1. The second kappa shape index (κ2) is 6.87. The first-order chi connectivity index (χ1) is 10.0. The molecule has 2 aromatic rings. The van der Waals surface area contributed by atoms with Crippen molar-refractivity contribution in [1.29, 1.82) is 0 Å². The summed E-state index contributed by atoms with van der Waals surface area (Å²) < 4.78 is 24.5. The van der Waals surface area contributed by atoms with Gasteiger partial charge in [0.05, 0.1) is 23.7 Å². The van der Waals surface area contributed by atoms with E-state index in [-0.39, 0.29) is 11.5 Å². The minimum Gasteiger partial charge on any atom is -0.388 e. The molecule has 21 heavy (non-hydrogen) atoms. The van der Waals surface area contributed by atoms with E-state index in [0.29, 0.717) is 18.4 Å². The topological polar surface area (TPSA) is 72.2 Å². The number of aliphatic hydroxyl groups is 1. The Morgan fingerprint density at radius 1 is 1.29 bits per heavy atom. The Hall–Kier alpha value is -1.66. The van der Waals surface area contributed by atoms with Gasteiger partial charge in [-0.15, -0.1) is 0 Å². The molecular weight excluding hydrogens is 288 g/mol. The highest BCUT2D eigenvalue weighted by Crippen LogP contribution is 2.19. The minimum absolute atomic E-state index is 0.118. The van der Waals surface area contributed by atoms with Gasteiger partial charge in [0.1, 0.15) is 9.84 Å². The van der Waals surface area contributed by atoms with Gasteiger partial charge in [-0.25, -0.2) is 13.1 Å². The van der Waals surface area contributed by atoms with E-state index >= 15 is 0 Å². The molecule has 0 aliphatic carbocycles. The molecule has 0 bridgehead atoms. The van der Waals surface area contributed by atoms with E-state index in [9.17, 15) is 13.5 Å². The van der Waals surface area contributed by atoms with Crippen LogP contribution < -0.4 is 0 Å². The molecule has 0 radical (unpaired) electrons. The van der Waals surface area contributed by atoms with Crippen molar-refractivity contribution in [1.82, 2.24) is 9.78 Å². The Balaban J connectivity index is 1.95. The van der Waals surface area contributed by atoms with Gasteiger partial charge < -0.3 is 5.11 Å². The smallest absolute Gasteiger partial charge is 0.150 e. The maximum atomic E-state index is 11.4. The summed E-state index contributed by atoms with van der Waals surface area (Å²) >= 11 is 0. The van der Waals surface area contributed by atoms with Crippen LogP contribution in [0.4, 0.5) is 0 Å². The third-order valence-corrected chi connectivity index (χ3v) is 5.17. The summed E-state index contributed by atoms with van der Waals surface area (Å²) in [5.74, 6) is 0.266. The van der Waals surface area contributed by atoms with Crippen LogP contribution in [0.5, 0.6) is 0 Å². The van der Waals surface area contributed by atoms with E-state index in [2.05, 4.69) is 5.10 Å². The van der Waals surface area contributed by atoms with E-state index < -0.39 is 15.9 Å². The fraction of sp³-hybridized carbons (Fsp3) is 0.400. The van der Waals surface area contributed by atoms with Crippen LogP contribution in [0, 0.1) is 0 Å². The SMILES string of the molecule is CCS(=O)(=O)CCCC(O)c1cnn(-c2ccccc2)c1. The highest BCUT2D eigenvalue weighted by molar-refractivity contribution is 7.91. The number of para-hydroxylation sites is 1. The van der Waals surface area contributed by atoms with Crippen molar-refractivity contribution in [2.24, 2.45) is 0 Å². The van der Waals surface area contributed by atoms with Gasteiger partial charge in [0.2, 0.25) is 0 Å². The van der Waals surface area contributed by atoms with Gasteiger partial charge in [-0.05, 0) is 25.0 Å². The predicted octanol–water partition coefficient (Wildman–Crippen LogP) is 2.12. The van der Waals surface area contributed by atoms with Crippen molar-refractivity contribution in [2.75, 3.05) is 11.5 Å². The molecule has 1 heterocycles. The van der Waals surface area contributed by atoms with Gasteiger partial charge in [0.15, 0.2) is 0 Å². The molecule has 114 valence electrons. The zero-order valence-electron chi connectivity index (χ0n) is 12.0. The fourth-order valence-electron chi connectivity index (χ4n) is 2.04. The lowest BCUT2D eigenvalue weighted by Crippen LogP contribution is -2.09. The molecule has 5 nitrogen and oxygen atoms in total. The zero-order chi connectivity index (χ0) is 15.3. The van der Waals surface area contributed by atoms with Crippen LogP contribution in [-0.4, -0.2) is 34.8 Å². The molecule has 1 atom stereocenters. The predicted molar refractivity (Wildman–Crippen MR) is 82.1 cm³/mol. The van der Waals surface area contributed by atoms with Crippen LogP contribution in [-0.2, 0) is 9.84 Å². The Morgan fingerprint density at radius 3 is 2.67 bits per heavy atom. The van der Waals surface area contributed by atoms with Crippen molar-refractivity contribution < 1.29 is 13.5 Å². The van der Waals surface area contributed by atoms with E-state index in [1.807, 2.05) is 30.3 Å². The van der Waals surface area contributed by atoms with Crippen LogP contribution in [0.15, 0.2) is 42.7 Å². The van der Waals surface area contributed by atoms with Gasteiger partial charge in [0, 0.05) is 17.5 Å². The first-order valence-corrected chi connectivity index (χ1v) is 8.82. The number of hydrogen-bond acceptors (Lipinski definition) is 4. The molecule has 1 aromatic carbocycles. The molecule has 0 saturated heterocycles. The van der Waals surface area contributed by atoms with Crippen LogP contribution >= 0.6 is 0 Å². The van der Waals surface area contributed by atoms with Gasteiger partial charge in [-0.1, -0.05) is 25.1 Å². The van der Waals surface area contributed by atoms with Crippen LogP contribution in [0.25, 0.3) is 5.69 Å². The first-order valence-electron chi connectivity index (χ1n) is 7.00. The molecule has 2 rings (SSSR count). The molecule has 0 aliphatic rings. The van der Waals surface area contributed by atoms with E-state index in [1.54, 1.807) is 24.0 Å². The normalized spacial score (nSPS) is 13.2. The molecule has 0 saturated carbocycles. The molecule has 0 amide bonds. The number of hydrogen-bond donors (Lipinski definition) is 1. The summed E-state index contributed by atoms with van der Waals surface area (Å²) in [5.41, 5.74) is 1.62. The largest absolute Gasteiger partial charge is 0.388 e. The average Bonchev–Trinajstić information content (AvgIpc) is 2.98. The minimum atomic E-state index is -2.97. The van der Waals surface area contributed by atoms with Gasteiger partial charge in [0.25, 0.3) is 0 Å². The summed E-state index contributed by atoms with van der Waals surface area (Å²) in [4.78, 5) is 0. The van der Waals surface area contributed by atoms with Crippen LogP contribution in [0.1, 0.15) is 31.4 Å². The van der Waals surface area contributed by atoms with Crippen molar-refractivity contribution >= 4 is 9.84 Å². The lowest BCUT2D eigenvalue weighted by molar-refractivity contribution is 0.166. The summed E-state index contributed by atoms with van der Waals surface area (Å²) in [7, 11) is -2.97. The highest BCUT2D eigenvalue weighted by Gasteiger charge is 2.13. The Labute approximate surface area is 125 Å². The Morgan fingerprint density at radius 2 is 2.00 bits per heavy atom. The summed E-state index contributed by atoms with van der Waals surface area (Å²) in [6.45, 7) is 1.63. The molecule has 0 spiro atoms.